The third-order valence-electron chi connectivity index (χ3n) is 4.32. The van der Waals surface area contributed by atoms with E-state index in [-0.39, 0.29) is 18.3 Å². The van der Waals surface area contributed by atoms with Crippen LogP contribution in [0.1, 0.15) is 54.7 Å². The van der Waals surface area contributed by atoms with E-state index in [0.29, 0.717) is 17.7 Å². The monoisotopic (exact) mass is 348 g/mol. The Bertz CT molecular complexity index is 660. The summed E-state index contributed by atoms with van der Waals surface area (Å²) in [5, 5.41) is 10.7. The number of carbonyl (C=O) groups is 1. The lowest BCUT2D eigenvalue weighted by Crippen LogP contribution is -2.32. The number of nitrogens with one attached hydrogen (secondary N) is 2. The van der Waals surface area contributed by atoms with Gasteiger partial charge in [-0.1, -0.05) is 26.0 Å². The van der Waals surface area contributed by atoms with Gasteiger partial charge in [0.1, 0.15) is 0 Å². The van der Waals surface area contributed by atoms with Crippen LogP contribution in [0.3, 0.4) is 0 Å². The first-order chi connectivity index (χ1) is 11.1. The molecular formula is C18H25ClN4O. The zero-order valence-electron chi connectivity index (χ0n) is 14.2. The van der Waals surface area contributed by atoms with Gasteiger partial charge >= 0.3 is 0 Å². The summed E-state index contributed by atoms with van der Waals surface area (Å²) in [5.74, 6) is 0.323. The molecule has 1 unspecified atom stereocenters. The van der Waals surface area contributed by atoms with Crippen LogP contribution in [0.15, 0.2) is 36.5 Å². The van der Waals surface area contributed by atoms with Gasteiger partial charge in [0.2, 0.25) is 0 Å². The highest BCUT2D eigenvalue weighted by Gasteiger charge is 2.17. The number of halogens is 1. The minimum absolute atomic E-state index is 0. The molecule has 1 aromatic heterocycles. The van der Waals surface area contributed by atoms with Crippen LogP contribution in [0.4, 0.5) is 5.69 Å². The number of amides is 1. The van der Waals surface area contributed by atoms with E-state index in [0.717, 1.165) is 31.6 Å². The number of carbonyl (C=O) groups excluding carboxylic acids is 1. The molecule has 130 valence electrons. The van der Waals surface area contributed by atoms with Crippen molar-refractivity contribution in [2.24, 2.45) is 0 Å². The maximum absolute atomic E-state index is 12.3. The second-order valence-corrected chi connectivity index (χ2v) is 6.41. The predicted octanol–water partition coefficient (Wildman–Crippen LogP) is 3.61. The first-order valence-electron chi connectivity index (χ1n) is 8.30. The highest BCUT2D eigenvalue weighted by molar-refractivity contribution is 6.02. The molecule has 2 heterocycles. The molecule has 5 nitrogen and oxygen atoms in total. The molecule has 0 bridgehead atoms. The molecular weight excluding hydrogens is 324 g/mol. The van der Waals surface area contributed by atoms with Crippen LogP contribution in [0.2, 0.25) is 0 Å². The average molecular weight is 349 g/mol. The highest BCUT2D eigenvalue weighted by Crippen LogP contribution is 2.18. The van der Waals surface area contributed by atoms with Gasteiger partial charge in [-0.25, -0.2) is 0 Å². The molecule has 0 aliphatic carbocycles. The molecule has 0 saturated carbocycles. The van der Waals surface area contributed by atoms with E-state index in [9.17, 15) is 4.79 Å². The standard InChI is InChI=1S/C18H24N4O.ClH/c1-13(2)14-5-7-15(8-6-14)20-18(23)17-9-11-22(21-17)16-4-3-10-19-12-16;/h5-9,11,13,16,19H,3-4,10,12H2,1-2H3,(H,20,23);1H. The van der Waals surface area contributed by atoms with E-state index >= 15 is 0 Å². The van der Waals surface area contributed by atoms with Crippen LogP contribution in [0.25, 0.3) is 0 Å². The van der Waals surface area contributed by atoms with Gasteiger partial charge in [0, 0.05) is 18.4 Å². The third-order valence-corrected chi connectivity index (χ3v) is 4.32. The number of aromatic nitrogens is 2. The minimum Gasteiger partial charge on any atom is -0.321 e. The Morgan fingerprint density at radius 3 is 2.67 bits per heavy atom. The largest absolute Gasteiger partial charge is 0.321 e. The number of rotatable bonds is 4. The van der Waals surface area contributed by atoms with Crippen molar-refractivity contribution in [3.05, 3.63) is 47.8 Å². The zero-order chi connectivity index (χ0) is 16.2. The first kappa shape index (κ1) is 18.5. The Morgan fingerprint density at radius 2 is 2.04 bits per heavy atom. The summed E-state index contributed by atoms with van der Waals surface area (Å²) in [5.41, 5.74) is 2.52. The number of hydrogen-bond acceptors (Lipinski definition) is 3. The molecule has 1 aromatic carbocycles. The van der Waals surface area contributed by atoms with Gasteiger partial charge in [-0.05, 0) is 49.1 Å². The van der Waals surface area contributed by atoms with Gasteiger partial charge in [0.25, 0.3) is 5.91 Å². The normalized spacial score (nSPS) is 17.4. The van der Waals surface area contributed by atoms with Crippen LogP contribution in [0.5, 0.6) is 0 Å². The van der Waals surface area contributed by atoms with Crippen molar-refractivity contribution < 1.29 is 4.79 Å². The molecule has 1 fully saturated rings. The summed E-state index contributed by atoms with van der Waals surface area (Å²) in [6.45, 7) is 6.29. The number of benzene rings is 1. The number of piperidine rings is 1. The van der Waals surface area contributed by atoms with E-state index in [1.807, 2.05) is 35.1 Å². The second kappa shape index (κ2) is 8.31. The topological polar surface area (TPSA) is 59.0 Å². The van der Waals surface area contributed by atoms with Gasteiger partial charge in [0.15, 0.2) is 5.69 Å². The quantitative estimate of drug-likeness (QED) is 0.887. The van der Waals surface area contributed by atoms with Crippen LogP contribution >= 0.6 is 12.4 Å². The van der Waals surface area contributed by atoms with Crippen molar-refractivity contribution in [3.8, 4) is 0 Å². The Balaban J connectivity index is 0.00000208. The fourth-order valence-corrected chi connectivity index (χ4v) is 2.87. The Hall–Kier alpha value is -1.85. The Labute approximate surface area is 149 Å². The molecule has 1 aliphatic rings. The lowest BCUT2D eigenvalue weighted by atomic mass is 10.0. The molecule has 6 heteroatoms. The SMILES string of the molecule is CC(C)c1ccc(NC(=O)c2ccn(C3CCCNC3)n2)cc1.Cl. The van der Waals surface area contributed by atoms with Crippen molar-refractivity contribution in [1.82, 2.24) is 15.1 Å². The molecule has 1 aliphatic heterocycles. The van der Waals surface area contributed by atoms with Crippen LogP contribution in [0, 0.1) is 0 Å². The van der Waals surface area contributed by atoms with E-state index in [1.165, 1.54) is 5.56 Å². The molecule has 0 spiro atoms. The summed E-state index contributed by atoms with van der Waals surface area (Å²) in [6, 6.07) is 10.1. The summed E-state index contributed by atoms with van der Waals surface area (Å²) >= 11 is 0. The van der Waals surface area contributed by atoms with Crippen molar-refractivity contribution in [2.45, 2.75) is 38.6 Å². The summed E-state index contributed by atoms with van der Waals surface area (Å²) in [6.07, 6.45) is 4.15. The summed E-state index contributed by atoms with van der Waals surface area (Å²) in [4.78, 5) is 12.3. The molecule has 2 N–H and O–H groups in total. The van der Waals surface area contributed by atoms with E-state index < -0.39 is 0 Å². The average Bonchev–Trinajstić information content (AvgIpc) is 3.06. The van der Waals surface area contributed by atoms with Crippen molar-refractivity contribution >= 4 is 24.0 Å². The van der Waals surface area contributed by atoms with Gasteiger partial charge < -0.3 is 10.6 Å². The fourth-order valence-electron chi connectivity index (χ4n) is 2.87. The van der Waals surface area contributed by atoms with E-state index in [4.69, 9.17) is 0 Å². The Kier molecular flexibility index (Phi) is 6.40. The minimum atomic E-state index is -0.162. The zero-order valence-corrected chi connectivity index (χ0v) is 15.0. The fraction of sp³-hybridized carbons (Fsp3) is 0.444. The highest BCUT2D eigenvalue weighted by atomic mass is 35.5. The maximum Gasteiger partial charge on any atom is 0.276 e. The van der Waals surface area contributed by atoms with Gasteiger partial charge in [-0.3, -0.25) is 9.48 Å². The third kappa shape index (κ3) is 4.36. The summed E-state index contributed by atoms with van der Waals surface area (Å²) in [7, 11) is 0. The lowest BCUT2D eigenvalue weighted by Gasteiger charge is -2.22. The number of hydrogen-bond donors (Lipinski definition) is 2. The second-order valence-electron chi connectivity index (χ2n) is 6.41. The van der Waals surface area contributed by atoms with Crippen LogP contribution < -0.4 is 10.6 Å². The number of anilines is 1. The molecule has 3 rings (SSSR count). The van der Waals surface area contributed by atoms with Crippen molar-refractivity contribution in [3.63, 3.8) is 0 Å². The van der Waals surface area contributed by atoms with E-state index in [2.05, 4.69) is 29.6 Å². The lowest BCUT2D eigenvalue weighted by molar-refractivity contribution is 0.102. The van der Waals surface area contributed by atoms with Crippen LogP contribution in [-0.4, -0.2) is 28.8 Å². The molecule has 1 saturated heterocycles. The van der Waals surface area contributed by atoms with Gasteiger partial charge in [-0.2, -0.15) is 5.10 Å². The van der Waals surface area contributed by atoms with Crippen molar-refractivity contribution in [1.29, 1.82) is 0 Å². The molecule has 0 radical (unpaired) electrons. The van der Waals surface area contributed by atoms with Crippen molar-refractivity contribution in [2.75, 3.05) is 18.4 Å². The molecule has 1 atom stereocenters. The first-order valence-corrected chi connectivity index (χ1v) is 8.30. The predicted molar refractivity (Wildman–Crippen MR) is 99.1 cm³/mol. The maximum atomic E-state index is 12.3. The van der Waals surface area contributed by atoms with Gasteiger partial charge in [0.05, 0.1) is 6.04 Å². The smallest absolute Gasteiger partial charge is 0.276 e. The summed E-state index contributed by atoms with van der Waals surface area (Å²) < 4.78 is 1.91. The number of nitrogens with zero attached hydrogens (tertiary/aromatic N) is 2. The van der Waals surface area contributed by atoms with Crippen LogP contribution in [-0.2, 0) is 0 Å². The van der Waals surface area contributed by atoms with Gasteiger partial charge in [-0.15, -0.1) is 12.4 Å². The Morgan fingerprint density at radius 1 is 1.29 bits per heavy atom. The molecule has 24 heavy (non-hydrogen) atoms. The van der Waals surface area contributed by atoms with E-state index in [1.54, 1.807) is 6.07 Å². The molecule has 1 amide bonds. The molecule has 2 aromatic rings.